The number of aryl methyl sites for hydroxylation is 1. The Morgan fingerprint density at radius 2 is 1.67 bits per heavy atom. The molecule has 4 aromatic rings. The highest BCUT2D eigenvalue weighted by molar-refractivity contribution is 7.80. The summed E-state index contributed by atoms with van der Waals surface area (Å²) in [5.74, 6) is 0.795. The number of rotatable bonds is 8. The van der Waals surface area contributed by atoms with E-state index in [0.717, 1.165) is 28.6 Å². The first-order chi connectivity index (χ1) is 17.4. The molecule has 186 valence electrons. The van der Waals surface area contributed by atoms with E-state index in [1.165, 1.54) is 12.1 Å². The first-order valence-corrected chi connectivity index (χ1v) is 12.0. The van der Waals surface area contributed by atoms with Crippen molar-refractivity contribution in [3.8, 4) is 11.5 Å². The van der Waals surface area contributed by atoms with E-state index in [2.05, 4.69) is 17.2 Å². The number of aromatic amines is 1. The van der Waals surface area contributed by atoms with Crippen molar-refractivity contribution in [1.82, 2.24) is 9.88 Å². The van der Waals surface area contributed by atoms with E-state index in [1.54, 1.807) is 32.4 Å². The topological polar surface area (TPSA) is 66.6 Å². The summed E-state index contributed by atoms with van der Waals surface area (Å²) in [6.45, 7) is 2.72. The number of benzene rings is 3. The van der Waals surface area contributed by atoms with Gasteiger partial charge in [0.1, 0.15) is 5.82 Å². The van der Waals surface area contributed by atoms with Crippen LogP contribution in [0.15, 0.2) is 71.5 Å². The van der Waals surface area contributed by atoms with Crippen molar-refractivity contribution in [3.05, 3.63) is 99.6 Å². The molecule has 1 aromatic heterocycles. The van der Waals surface area contributed by atoms with Gasteiger partial charge in [-0.15, -0.1) is 0 Å². The number of para-hydroxylation sites is 1. The zero-order chi connectivity index (χ0) is 25.7. The lowest BCUT2D eigenvalue weighted by Gasteiger charge is -2.27. The van der Waals surface area contributed by atoms with Gasteiger partial charge in [0.15, 0.2) is 16.6 Å². The number of fused-ring (bicyclic) bond motifs is 1. The number of aromatic nitrogens is 1. The molecule has 0 bridgehead atoms. The highest BCUT2D eigenvalue weighted by Gasteiger charge is 2.16. The molecule has 0 radical (unpaired) electrons. The second-order valence-corrected chi connectivity index (χ2v) is 8.73. The van der Waals surface area contributed by atoms with E-state index in [0.29, 0.717) is 34.2 Å². The van der Waals surface area contributed by atoms with Crippen molar-refractivity contribution in [2.24, 2.45) is 0 Å². The van der Waals surface area contributed by atoms with Gasteiger partial charge in [0.25, 0.3) is 5.56 Å². The Balaban J connectivity index is 1.69. The molecule has 0 aliphatic heterocycles. The Hall–Kier alpha value is -3.91. The van der Waals surface area contributed by atoms with E-state index < -0.39 is 0 Å². The summed E-state index contributed by atoms with van der Waals surface area (Å²) < 4.78 is 24.3. The van der Waals surface area contributed by atoms with Crippen LogP contribution < -0.4 is 20.3 Å². The molecule has 0 unspecified atom stereocenters. The Kier molecular flexibility index (Phi) is 7.85. The summed E-state index contributed by atoms with van der Waals surface area (Å²) in [4.78, 5) is 17.9. The third kappa shape index (κ3) is 5.66. The maximum Gasteiger partial charge on any atom is 0.253 e. The van der Waals surface area contributed by atoms with Crippen LogP contribution in [-0.4, -0.2) is 29.2 Å². The predicted molar refractivity (Wildman–Crippen MR) is 145 cm³/mol. The van der Waals surface area contributed by atoms with Gasteiger partial charge in [-0.1, -0.05) is 37.3 Å². The molecule has 6 nitrogen and oxygen atoms in total. The molecule has 8 heteroatoms. The van der Waals surface area contributed by atoms with Crippen molar-refractivity contribution < 1.29 is 13.9 Å². The molecule has 4 rings (SSSR count). The number of hydrogen-bond donors (Lipinski definition) is 2. The number of halogens is 1. The first kappa shape index (κ1) is 25.2. The highest BCUT2D eigenvalue weighted by atomic mass is 32.1. The first-order valence-electron chi connectivity index (χ1n) is 11.6. The van der Waals surface area contributed by atoms with Gasteiger partial charge in [-0.25, -0.2) is 4.39 Å². The Morgan fingerprint density at radius 3 is 2.36 bits per heavy atom. The third-order valence-electron chi connectivity index (χ3n) is 6.00. The monoisotopic (exact) mass is 505 g/mol. The maximum atomic E-state index is 13.5. The van der Waals surface area contributed by atoms with Crippen LogP contribution in [0.5, 0.6) is 11.5 Å². The van der Waals surface area contributed by atoms with Crippen molar-refractivity contribution >= 4 is 33.9 Å². The van der Waals surface area contributed by atoms with Gasteiger partial charge < -0.3 is 24.7 Å². The number of anilines is 1. The fraction of sp³-hybridized carbons (Fsp3) is 0.214. The summed E-state index contributed by atoms with van der Waals surface area (Å²) in [5, 5.41) is 4.61. The minimum atomic E-state index is -0.307. The van der Waals surface area contributed by atoms with E-state index in [4.69, 9.17) is 21.7 Å². The standard InChI is InChI=1S/C28H28FN3O3S/c1-4-19-7-5-6-8-23(19)31-28(36)32(16-18-9-11-22(29)12-10-18)17-21-13-20-14-25(34-2)26(35-3)15-24(20)30-27(21)33/h5-15H,4,16-17H2,1-3H3,(H,30,33)(H,31,36). The van der Waals surface area contributed by atoms with Gasteiger partial charge in [0.2, 0.25) is 0 Å². The summed E-state index contributed by atoms with van der Waals surface area (Å²) >= 11 is 5.79. The Morgan fingerprint density at radius 1 is 0.972 bits per heavy atom. The maximum absolute atomic E-state index is 13.5. The molecule has 0 aliphatic carbocycles. The van der Waals surface area contributed by atoms with E-state index in [1.807, 2.05) is 41.3 Å². The van der Waals surface area contributed by atoms with Crippen LogP contribution in [0.25, 0.3) is 10.9 Å². The number of hydrogen-bond acceptors (Lipinski definition) is 4. The molecular formula is C28H28FN3O3S. The minimum Gasteiger partial charge on any atom is -0.493 e. The Labute approximate surface area is 214 Å². The molecule has 1 heterocycles. The van der Waals surface area contributed by atoms with Gasteiger partial charge in [0.05, 0.1) is 26.3 Å². The number of nitrogens with one attached hydrogen (secondary N) is 2. The number of H-pyrrole nitrogens is 1. The molecular weight excluding hydrogens is 477 g/mol. The summed E-state index contributed by atoms with van der Waals surface area (Å²) in [7, 11) is 3.12. The van der Waals surface area contributed by atoms with Crippen LogP contribution in [-0.2, 0) is 19.5 Å². The fourth-order valence-corrected chi connectivity index (χ4v) is 4.29. The lowest BCUT2D eigenvalue weighted by molar-refractivity contribution is 0.355. The van der Waals surface area contributed by atoms with Crippen molar-refractivity contribution in [2.45, 2.75) is 26.4 Å². The molecule has 0 spiro atoms. The van der Waals surface area contributed by atoms with Gasteiger partial charge in [-0.3, -0.25) is 4.79 Å². The number of thiocarbonyl (C=S) groups is 1. The van der Waals surface area contributed by atoms with E-state index in [9.17, 15) is 9.18 Å². The number of pyridine rings is 1. The predicted octanol–water partition coefficient (Wildman–Crippen LogP) is 5.65. The zero-order valence-corrected chi connectivity index (χ0v) is 21.2. The quantitative estimate of drug-likeness (QED) is 0.302. The molecule has 0 aliphatic rings. The summed E-state index contributed by atoms with van der Waals surface area (Å²) in [5.41, 5.74) is 3.86. The van der Waals surface area contributed by atoms with Gasteiger partial charge >= 0.3 is 0 Å². The zero-order valence-electron chi connectivity index (χ0n) is 20.4. The summed E-state index contributed by atoms with van der Waals surface area (Å²) in [6, 6.07) is 19.6. The second-order valence-electron chi connectivity index (χ2n) is 8.34. The van der Waals surface area contributed by atoms with Gasteiger partial charge in [0, 0.05) is 29.2 Å². The third-order valence-corrected chi connectivity index (χ3v) is 6.36. The van der Waals surface area contributed by atoms with Crippen LogP contribution >= 0.6 is 12.2 Å². The lowest BCUT2D eigenvalue weighted by Crippen LogP contribution is -2.35. The van der Waals surface area contributed by atoms with E-state index in [-0.39, 0.29) is 17.9 Å². The van der Waals surface area contributed by atoms with Crippen LogP contribution in [0.4, 0.5) is 10.1 Å². The van der Waals surface area contributed by atoms with Crippen LogP contribution in [0.2, 0.25) is 0 Å². The molecule has 0 saturated carbocycles. The molecule has 3 aromatic carbocycles. The Bertz CT molecular complexity index is 1440. The molecule has 2 N–H and O–H groups in total. The van der Waals surface area contributed by atoms with Crippen molar-refractivity contribution in [1.29, 1.82) is 0 Å². The average Bonchev–Trinajstić information content (AvgIpc) is 2.89. The molecule has 0 atom stereocenters. The normalized spacial score (nSPS) is 10.8. The fourth-order valence-electron chi connectivity index (χ4n) is 4.06. The smallest absolute Gasteiger partial charge is 0.253 e. The van der Waals surface area contributed by atoms with Crippen molar-refractivity contribution in [3.63, 3.8) is 0 Å². The van der Waals surface area contributed by atoms with Crippen LogP contribution in [0.3, 0.4) is 0 Å². The van der Waals surface area contributed by atoms with E-state index >= 15 is 0 Å². The largest absolute Gasteiger partial charge is 0.493 e. The van der Waals surface area contributed by atoms with Crippen molar-refractivity contribution in [2.75, 3.05) is 19.5 Å². The van der Waals surface area contributed by atoms with Crippen LogP contribution in [0, 0.1) is 5.82 Å². The number of nitrogens with zero attached hydrogens (tertiary/aromatic N) is 1. The van der Waals surface area contributed by atoms with Gasteiger partial charge in [-0.05, 0) is 60.1 Å². The van der Waals surface area contributed by atoms with Crippen LogP contribution in [0.1, 0.15) is 23.6 Å². The number of methoxy groups -OCH3 is 2. The second kappa shape index (κ2) is 11.2. The molecule has 0 amide bonds. The highest BCUT2D eigenvalue weighted by Crippen LogP contribution is 2.31. The molecule has 36 heavy (non-hydrogen) atoms. The SMILES string of the molecule is CCc1ccccc1NC(=S)N(Cc1ccc(F)cc1)Cc1cc2cc(OC)c(OC)cc2[nH]c1=O. The summed E-state index contributed by atoms with van der Waals surface area (Å²) in [6.07, 6.45) is 0.847. The lowest BCUT2D eigenvalue weighted by atomic mass is 10.1. The molecule has 0 saturated heterocycles. The van der Waals surface area contributed by atoms with Gasteiger partial charge in [-0.2, -0.15) is 0 Å². The number of ether oxygens (including phenoxy) is 2. The average molecular weight is 506 g/mol. The molecule has 0 fully saturated rings. The minimum absolute atomic E-state index is 0.226.